The third-order valence-corrected chi connectivity index (χ3v) is 6.38. The summed E-state index contributed by atoms with van der Waals surface area (Å²) in [5.41, 5.74) is 1.87. The van der Waals surface area contributed by atoms with Crippen LogP contribution in [0.15, 0.2) is 63.7 Å². The van der Waals surface area contributed by atoms with Crippen LogP contribution < -0.4 is 9.47 Å². The summed E-state index contributed by atoms with van der Waals surface area (Å²) in [4.78, 5) is 30.4. The normalized spacial score (nSPS) is 15.2. The summed E-state index contributed by atoms with van der Waals surface area (Å²) >= 11 is 4.82. The van der Waals surface area contributed by atoms with Crippen molar-refractivity contribution in [1.82, 2.24) is 9.99 Å². The van der Waals surface area contributed by atoms with Crippen molar-refractivity contribution >= 4 is 44.9 Å². The number of methoxy groups -OCH3 is 2. The first-order valence-electron chi connectivity index (χ1n) is 9.93. The summed E-state index contributed by atoms with van der Waals surface area (Å²) in [7, 11) is 3.12. The molecule has 0 fully saturated rings. The van der Waals surface area contributed by atoms with Gasteiger partial charge in [0.2, 0.25) is 0 Å². The van der Waals surface area contributed by atoms with Crippen LogP contribution in [0, 0.1) is 0 Å². The molecule has 1 amide bonds. The molecule has 4 rings (SSSR count). The fraction of sp³-hybridized carbons (Fsp3) is 0.217. The average Bonchev–Trinajstić information content (AvgIpc) is 3.52. The summed E-state index contributed by atoms with van der Waals surface area (Å²) in [5.74, 6) is 0.0766. The van der Waals surface area contributed by atoms with Crippen molar-refractivity contribution in [2.24, 2.45) is 5.10 Å². The van der Waals surface area contributed by atoms with Crippen LogP contribution in [0.3, 0.4) is 0 Å². The molecule has 3 heterocycles. The molecule has 33 heavy (non-hydrogen) atoms. The van der Waals surface area contributed by atoms with Gasteiger partial charge in [0.25, 0.3) is 5.91 Å². The van der Waals surface area contributed by atoms with Crippen molar-refractivity contribution in [3.05, 3.63) is 74.6 Å². The van der Waals surface area contributed by atoms with Crippen LogP contribution in [-0.4, -0.2) is 48.4 Å². The van der Waals surface area contributed by atoms with Gasteiger partial charge in [-0.15, -0.1) is 11.3 Å². The molecule has 170 valence electrons. The Balaban J connectivity index is 1.56. The second-order valence-corrected chi connectivity index (χ2v) is 8.93. The molecule has 8 nitrogen and oxygen atoms in total. The first-order chi connectivity index (χ1) is 16.0. The summed E-state index contributed by atoms with van der Waals surface area (Å²) in [6.07, 6.45) is 3.46. The van der Waals surface area contributed by atoms with Crippen LogP contribution in [-0.2, 0) is 9.53 Å². The maximum Gasteiger partial charge on any atom is 0.340 e. The fourth-order valence-corrected chi connectivity index (χ4v) is 4.54. The number of esters is 1. The topological polar surface area (TPSA) is 90.3 Å². The van der Waals surface area contributed by atoms with Gasteiger partial charge in [-0.25, -0.2) is 9.80 Å². The van der Waals surface area contributed by atoms with E-state index in [0.29, 0.717) is 22.4 Å². The van der Waals surface area contributed by atoms with Gasteiger partial charge in [0, 0.05) is 23.3 Å². The van der Waals surface area contributed by atoms with Crippen molar-refractivity contribution in [2.45, 2.75) is 12.5 Å². The van der Waals surface area contributed by atoms with Crippen LogP contribution in [0.25, 0.3) is 0 Å². The van der Waals surface area contributed by atoms with Crippen LogP contribution in [0.1, 0.15) is 33.3 Å². The number of carbonyl (C=O) groups excluding carboxylic acids is 2. The second-order valence-electron chi connectivity index (χ2n) is 7.06. The molecular formula is C23H20BrN3O5S. The standard InChI is InChI=1S/C23H20BrN3O5S/c1-30-19-6-5-14(9-20(19)31-2)18-10-17(21-4-3-7-33-21)26-27(18)22(28)13-32-23(29)15-8-16(24)12-25-11-15/h3-9,11-12,18H,10,13H2,1-2H3/t18-/m1/s1. The lowest BCUT2D eigenvalue weighted by atomic mass is 10.0. The molecule has 10 heteroatoms. The number of benzene rings is 1. The van der Waals surface area contributed by atoms with Gasteiger partial charge in [-0.1, -0.05) is 12.1 Å². The Labute approximate surface area is 202 Å². The molecule has 0 spiro atoms. The Morgan fingerprint density at radius 1 is 1.15 bits per heavy atom. The number of carbonyl (C=O) groups is 2. The molecule has 1 aliphatic heterocycles. The van der Waals surface area contributed by atoms with Gasteiger partial charge >= 0.3 is 5.97 Å². The number of hydrogen-bond acceptors (Lipinski definition) is 8. The molecule has 0 bridgehead atoms. The van der Waals surface area contributed by atoms with Gasteiger partial charge in [0.1, 0.15) is 0 Å². The molecule has 3 aromatic rings. The van der Waals surface area contributed by atoms with Gasteiger partial charge in [-0.3, -0.25) is 9.78 Å². The van der Waals surface area contributed by atoms with Crippen molar-refractivity contribution in [2.75, 3.05) is 20.8 Å². The largest absolute Gasteiger partial charge is 0.493 e. The summed E-state index contributed by atoms with van der Waals surface area (Å²) in [5, 5.41) is 7.92. The van der Waals surface area contributed by atoms with Gasteiger partial charge in [-0.2, -0.15) is 5.10 Å². The number of ether oxygens (including phenoxy) is 3. The van der Waals surface area contributed by atoms with E-state index in [9.17, 15) is 9.59 Å². The molecule has 0 unspecified atom stereocenters. The minimum Gasteiger partial charge on any atom is -0.493 e. The molecule has 0 N–H and O–H groups in total. The monoisotopic (exact) mass is 529 g/mol. The SMILES string of the molecule is COc1ccc([C@H]2CC(c3cccs3)=NN2C(=O)COC(=O)c2cncc(Br)c2)cc1OC. The van der Waals surface area contributed by atoms with Gasteiger partial charge < -0.3 is 14.2 Å². The molecular weight excluding hydrogens is 510 g/mol. The number of halogens is 1. The zero-order valence-corrected chi connectivity index (χ0v) is 20.3. The Morgan fingerprint density at radius 2 is 1.97 bits per heavy atom. The molecule has 0 saturated heterocycles. The van der Waals surface area contributed by atoms with E-state index in [2.05, 4.69) is 26.0 Å². The van der Waals surface area contributed by atoms with E-state index in [4.69, 9.17) is 14.2 Å². The minimum absolute atomic E-state index is 0.248. The third kappa shape index (κ3) is 5.07. The highest BCUT2D eigenvalue weighted by Crippen LogP contribution is 2.37. The zero-order chi connectivity index (χ0) is 23.4. The molecule has 1 aliphatic rings. The van der Waals surface area contributed by atoms with E-state index >= 15 is 0 Å². The van der Waals surface area contributed by atoms with Crippen molar-refractivity contribution in [3.63, 3.8) is 0 Å². The predicted octanol–water partition coefficient (Wildman–Crippen LogP) is 4.46. The molecule has 0 saturated carbocycles. The van der Waals surface area contributed by atoms with Gasteiger partial charge in [0.05, 0.1) is 36.4 Å². The minimum atomic E-state index is -0.638. The van der Waals surface area contributed by atoms with Crippen LogP contribution in [0.5, 0.6) is 11.5 Å². The number of pyridine rings is 1. The lowest BCUT2D eigenvalue weighted by Gasteiger charge is -2.22. The molecule has 1 aromatic carbocycles. The maximum absolute atomic E-state index is 13.1. The van der Waals surface area contributed by atoms with Crippen molar-refractivity contribution < 1.29 is 23.8 Å². The smallest absolute Gasteiger partial charge is 0.340 e. The van der Waals surface area contributed by atoms with Crippen LogP contribution in [0.4, 0.5) is 0 Å². The number of hydrazone groups is 1. The van der Waals surface area contributed by atoms with E-state index in [1.807, 2.05) is 29.6 Å². The Bertz CT molecular complexity index is 1200. The number of nitrogens with zero attached hydrogens (tertiary/aromatic N) is 3. The van der Waals surface area contributed by atoms with Gasteiger partial charge in [-0.05, 0) is 51.1 Å². The Kier molecular flexibility index (Phi) is 7.05. The van der Waals surface area contributed by atoms with Gasteiger partial charge in [0.15, 0.2) is 18.1 Å². The highest BCUT2D eigenvalue weighted by molar-refractivity contribution is 9.10. The van der Waals surface area contributed by atoms with Crippen molar-refractivity contribution in [3.8, 4) is 11.5 Å². The average molecular weight is 530 g/mol. The van der Waals surface area contributed by atoms with E-state index in [1.165, 1.54) is 11.2 Å². The Hall–Kier alpha value is -3.24. The highest BCUT2D eigenvalue weighted by Gasteiger charge is 2.34. The highest BCUT2D eigenvalue weighted by atomic mass is 79.9. The first-order valence-corrected chi connectivity index (χ1v) is 11.6. The van der Waals surface area contributed by atoms with Crippen molar-refractivity contribution in [1.29, 1.82) is 0 Å². The number of hydrogen-bond donors (Lipinski definition) is 0. The predicted molar refractivity (Wildman–Crippen MR) is 127 cm³/mol. The number of rotatable bonds is 7. The lowest BCUT2D eigenvalue weighted by molar-refractivity contribution is -0.136. The zero-order valence-electron chi connectivity index (χ0n) is 17.9. The van der Waals surface area contributed by atoms with Crippen LogP contribution >= 0.6 is 27.3 Å². The quantitative estimate of drug-likeness (QED) is 0.419. The van der Waals surface area contributed by atoms with E-state index in [-0.39, 0.29) is 11.6 Å². The third-order valence-electron chi connectivity index (χ3n) is 5.03. The molecule has 2 aromatic heterocycles. The van der Waals surface area contributed by atoms with E-state index in [0.717, 1.165) is 16.2 Å². The number of amides is 1. The number of aromatic nitrogens is 1. The summed E-state index contributed by atoms with van der Waals surface area (Å²) in [6.45, 7) is -0.448. The lowest BCUT2D eigenvalue weighted by Crippen LogP contribution is -2.31. The summed E-state index contributed by atoms with van der Waals surface area (Å²) < 4.78 is 16.6. The van der Waals surface area contributed by atoms with E-state index < -0.39 is 18.5 Å². The second kappa shape index (κ2) is 10.1. The maximum atomic E-state index is 13.1. The van der Waals surface area contributed by atoms with E-state index in [1.54, 1.807) is 43.9 Å². The molecule has 1 atom stereocenters. The molecule has 0 aliphatic carbocycles. The van der Waals surface area contributed by atoms with Crippen LogP contribution in [0.2, 0.25) is 0 Å². The first kappa shape index (κ1) is 22.9. The number of thiophene rings is 1. The summed E-state index contributed by atoms with van der Waals surface area (Å²) in [6, 6.07) is 10.6. The fourth-order valence-electron chi connectivity index (χ4n) is 3.45. The Morgan fingerprint density at radius 3 is 2.67 bits per heavy atom. The molecule has 0 radical (unpaired) electrons.